The normalized spacial score (nSPS) is 43.8. The molecule has 0 heterocycles. The first-order valence-corrected chi connectivity index (χ1v) is 8.53. The Labute approximate surface area is 129 Å². The van der Waals surface area contributed by atoms with E-state index in [1.807, 2.05) is 19.1 Å². The van der Waals surface area contributed by atoms with Crippen molar-refractivity contribution in [3.05, 3.63) is 35.5 Å². The smallest absolute Gasteiger partial charge is 0.0836 e. The van der Waals surface area contributed by atoms with Gasteiger partial charge >= 0.3 is 0 Å². The predicted molar refractivity (Wildman–Crippen MR) is 88.9 cm³/mol. The van der Waals surface area contributed by atoms with Gasteiger partial charge in [-0.3, -0.25) is 0 Å². The lowest BCUT2D eigenvalue weighted by atomic mass is 9.72. The molecule has 1 N–H and O–H groups in total. The van der Waals surface area contributed by atoms with Crippen LogP contribution in [0.4, 0.5) is 0 Å². The first-order valence-electron chi connectivity index (χ1n) is 8.53. The molecule has 1 nitrogen and oxygen atoms in total. The van der Waals surface area contributed by atoms with E-state index in [2.05, 4.69) is 39.8 Å². The Morgan fingerprint density at radius 1 is 1.38 bits per heavy atom. The molecule has 2 fully saturated rings. The summed E-state index contributed by atoms with van der Waals surface area (Å²) in [4.78, 5) is 0. The monoisotopic (exact) mass is 286 g/mol. The number of rotatable bonds is 3. The third-order valence-corrected chi connectivity index (χ3v) is 6.55. The molecule has 0 saturated heterocycles. The van der Waals surface area contributed by atoms with Crippen LogP contribution in [0.15, 0.2) is 35.5 Å². The molecule has 0 aliphatic heterocycles. The molecular weight excluding hydrogens is 256 g/mol. The summed E-state index contributed by atoms with van der Waals surface area (Å²) < 4.78 is 0. The second-order valence-electron chi connectivity index (χ2n) is 8.17. The molecule has 0 aromatic heterocycles. The van der Waals surface area contributed by atoms with Gasteiger partial charge in [-0.1, -0.05) is 42.4 Å². The number of fused-ring (bicyclic) bond motifs is 1. The van der Waals surface area contributed by atoms with Crippen LogP contribution in [0, 0.1) is 29.1 Å². The van der Waals surface area contributed by atoms with Crippen LogP contribution in [-0.2, 0) is 0 Å². The number of hydrogen-bond acceptors (Lipinski definition) is 1. The van der Waals surface area contributed by atoms with Gasteiger partial charge in [-0.2, -0.15) is 0 Å². The van der Waals surface area contributed by atoms with Gasteiger partial charge in [0, 0.05) is 0 Å². The van der Waals surface area contributed by atoms with Crippen LogP contribution in [0.5, 0.6) is 0 Å². The molecule has 3 rings (SSSR count). The van der Waals surface area contributed by atoms with Gasteiger partial charge in [0.2, 0.25) is 0 Å². The third kappa shape index (κ3) is 2.16. The van der Waals surface area contributed by atoms with Crippen LogP contribution in [-0.4, -0.2) is 10.7 Å². The molecule has 6 unspecified atom stereocenters. The largest absolute Gasteiger partial charge is 0.386 e. The summed E-state index contributed by atoms with van der Waals surface area (Å²) in [6.07, 6.45) is 12.3. The van der Waals surface area contributed by atoms with E-state index in [9.17, 15) is 5.11 Å². The van der Waals surface area contributed by atoms with Crippen molar-refractivity contribution in [1.82, 2.24) is 0 Å². The molecule has 3 aliphatic rings. The molecule has 1 heteroatoms. The molecule has 0 amide bonds. The van der Waals surface area contributed by atoms with E-state index in [0.717, 1.165) is 18.3 Å². The average molecular weight is 286 g/mol. The van der Waals surface area contributed by atoms with Crippen LogP contribution in [0.2, 0.25) is 0 Å². The first-order chi connectivity index (χ1) is 9.80. The van der Waals surface area contributed by atoms with Crippen molar-refractivity contribution in [2.75, 3.05) is 0 Å². The SMILES string of the molecule is CC(C)=CC=CC(C)(O)C1CC=C(C)C23CCC(C)C2C13. The van der Waals surface area contributed by atoms with Crippen molar-refractivity contribution in [2.24, 2.45) is 29.1 Å². The molecule has 0 aromatic carbocycles. The maximum Gasteiger partial charge on any atom is 0.0836 e. The zero-order valence-electron chi connectivity index (χ0n) is 14.2. The van der Waals surface area contributed by atoms with Gasteiger partial charge < -0.3 is 5.11 Å². The fourth-order valence-corrected chi connectivity index (χ4v) is 5.47. The topological polar surface area (TPSA) is 20.2 Å². The maximum atomic E-state index is 11.0. The van der Waals surface area contributed by atoms with E-state index in [1.165, 1.54) is 18.4 Å². The second kappa shape index (κ2) is 4.84. The third-order valence-electron chi connectivity index (χ3n) is 6.55. The summed E-state index contributed by atoms with van der Waals surface area (Å²) in [5.74, 6) is 2.74. The summed E-state index contributed by atoms with van der Waals surface area (Å²) in [7, 11) is 0. The highest BCUT2D eigenvalue weighted by molar-refractivity contribution is 5.37. The number of aliphatic hydroxyl groups is 1. The minimum Gasteiger partial charge on any atom is -0.386 e. The second-order valence-corrected chi connectivity index (χ2v) is 8.17. The minimum atomic E-state index is -0.690. The average Bonchev–Trinajstić information content (AvgIpc) is 2.95. The molecule has 116 valence electrons. The van der Waals surface area contributed by atoms with Gasteiger partial charge in [0.1, 0.15) is 0 Å². The van der Waals surface area contributed by atoms with Gasteiger partial charge in [0.05, 0.1) is 5.60 Å². The lowest BCUT2D eigenvalue weighted by Gasteiger charge is -2.36. The van der Waals surface area contributed by atoms with E-state index in [0.29, 0.717) is 17.3 Å². The molecule has 3 aliphatic carbocycles. The van der Waals surface area contributed by atoms with Crippen LogP contribution in [0.1, 0.15) is 53.9 Å². The van der Waals surface area contributed by atoms with Crippen LogP contribution in [0.25, 0.3) is 0 Å². The summed E-state index contributed by atoms with van der Waals surface area (Å²) >= 11 is 0. The Bertz CT molecular complexity index is 518. The Morgan fingerprint density at radius 2 is 2.10 bits per heavy atom. The fraction of sp³-hybridized carbons (Fsp3) is 0.700. The summed E-state index contributed by atoms with van der Waals surface area (Å²) in [6, 6.07) is 0. The van der Waals surface area contributed by atoms with E-state index >= 15 is 0 Å². The minimum absolute atomic E-state index is 0.385. The van der Waals surface area contributed by atoms with Gasteiger partial charge in [0.15, 0.2) is 0 Å². The Balaban J connectivity index is 1.85. The highest BCUT2D eigenvalue weighted by Crippen LogP contribution is 2.78. The van der Waals surface area contributed by atoms with Crippen LogP contribution < -0.4 is 0 Å². The van der Waals surface area contributed by atoms with E-state index in [4.69, 9.17) is 0 Å². The zero-order valence-corrected chi connectivity index (χ0v) is 14.2. The van der Waals surface area contributed by atoms with Gasteiger partial charge in [-0.15, -0.1) is 0 Å². The van der Waals surface area contributed by atoms with Crippen molar-refractivity contribution in [1.29, 1.82) is 0 Å². The Hall–Kier alpha value is -0.820. The van der Waals surface area contributed by atoms with Gasteiger partial charge in [-0.05, 0) is 76.0 Å². The molecule has 0 aromatic rings. The lowest BCUT2D eigenvalue weighted by molar-refractivity contribution is 0.0229. The standard InChI is InChI=1S/C20H30O/c1-13(2)7-6-11-19(5,21)16-9-8-15(4)20-12-10-14(3)17(20)18(16)20/h6-8,11,14,16-18,21H,9-10,12H2,1-5H3. The molecule has 2 saturated carbocycles. The molecular formula is C20H30O. The number of hydrogen-bond donors (Lipinski definition) is 1. The Kier molecular flexibility index (Phi) is 3.48. The molecule has 0 radical (unpaired) electrons. The first kappa shape index (κ1) is 15.1. The Morgan fingerprint density at radius 3 is 2.76 bits per heavy atom. The maximum absolute atomic E-state index is 11.0. The van der Waals surface area contributed by atoms with Crippen molar-refractivity contribution >= 4 is 0 Å². The quantitative estimate of drug-likeness (QED) is 0.578. The number of allylic oxidation sites excluding steroid dienone is 5. The molecule has 21 heavy (non-hydrogen) atoms. The highest BCUT2D eigenvalue weighted by Gasteiger charge is 2.73. The molecule has 6 atom stereocenters. The van der Waals surface area contributed by atoms with E-state index in [-0.39, 0.29) is 0 Å². The van der Waals surface area contributed by atoms with Gasteiger partial charge in [0.25, 0.3) is 0 Å². The van der Waals surface area contributed by atoms with Crippen molar-refractivity contribution < 1.29 is 5.11 Å². The van der Waals surface area contributed by atoms with Crippen molar-refractivity contribution in [3.63, 3.8) is 0 Å². The van der Waals surface area contributed by atoms with Crippen molar-refractivity contribution in [3.8, 4) is 0 Å². The van der Waals surface area contributed by atoms with E-state index in [1.54, 1.807) is 5.57 Å². The molecule has 1 spiro atoms. The van der Waals surface area contributed by atoms with Crippen molar-refractivity contribution in [2.45, 2.75) is 59.5 Å². The predicted octanol–water partition coefficient (Wildman–Crippen LogP) is 4.89. The summed E-state index contributed by atoms with van der Waals surface area (Å²) in [6.45, 7) is 10.9. The highest BCUT2D eigenvalue weighted by atomic mass is 16.3. The molecule has 0 bridgehead atoms. The van der Waals surface area contributed by atoms with Crippen LogP contribution >= 0.6 is 0 Å². The van der Waals surface area contributed by atoms with Crippen LogP contribution in [0.3, 0.4) is 0 Å². The summed E-state index contributed by atoms with van der Waals surface area (Å²) in [5.41, 5.74) is 2.65. The van der Waals surface area contributed by atoms with E-state index < -0.39 is 5.60 Å². The zero-order chi connectivity index (χ0) is 15.4. The summed E-state index contributed by atoms with van der Waals surface area (Å²) in [5, 5.41) is 11.0. The lowest BCUT2D eigenvalue weighted by Crippen LogP contribution is -2.37. The fourth-order valence-electron chi connectivity index (χ4n) is 5.47. The van der Waals surface area contributed by atoms with Gasteiger partial charge in [-0.25, -0.2) is 0 Å².